The van der Waals surface area contributed by atoms with Crippen molar-refractivity contribution >= 4 is 18.4 Å². The second-order valence-electron chi connectivity index (χ2n) is 5.99. The monoisotopic (exact) mass is 387 g/mol. The average Bonchev–Trinajstić information content (AvgIpc) is 3.13. The van der Waals surface area contributed by atoms with E-state index in [9.17, 15) is 0 Å². The molecule has 4 rings (SSSR count). The largest absolute Gasteiger partial charge is 0.489 e. The Morgan fingerprint density at radius 1 is 1.00 bits per heavy atom. The van der Waals surface area contributed by atoms with Crippen molar-refractivity contribution < 1.29 is 4.74 Å². The normalized spacial score (nSPS) is 11.0. The first kappa shape index (κ1) is 17.8. The van der Waals surface area contributed by atoms with Gasteiger partial charge in [-0.25, -0.2) is 5.10 Å². The zero-order valence-electron chi connectivity index (χ0n) is 14.9. The zero-order valence-corrected chi connectivity index (χ0v) is 15.7. The summed E-state index contributed by atoms with van der Waals surface area (Å²) >= 11 is 5.29. The molecular weight excluding hydrogens is 370 g/mol. The fourth-order valence-corrected chi connectivity index (χ4v) is 2.78. The van der Waals surface area contributed by atoms with Crippen LogP contribution < -0.4 is 4.74 Å². The second kappa shape index (κ2) is 8.41. The molecule has 0 spiro atoms. The molecule has 4 aromatic rings. The van der Waals surface area contributed by atoms with Crippen LogP contribution in [-0.2, 0) is 6.61 Å². The molecule has 7 heteroatoms. The predicted molar refractivity (Wildman–Crippen MR) is 111 cm³/mol. The Hall–Kier alpha value is -3.58. The van der Waals surface area contributed by atoms with Crippen molar-refractivity contribution in [1.29, 1.82) is 0 Å². The molecule has 138 valence electrons. The fourth-order valence-electron chi connectivity index (χ4n) is 2.60. The lowest BCUT2D eigenvalue weighted by Gasteiger charge is -2.06. The van der Waals surface area contributed by atoms with E-state index < -0.39 is 0 Å². The number of hydrogen-bond donors (Lipinski definition) is 1. The number of H-pyrrole nitrogens is 1. The molecule has 0 radical (unpaired) electrons. The lowest BCUT2D eigenvalue weighted by molar-refractivity contribution is 0.306. The van der Waals surface area contributed by atoms with Crippen LogP contribution in [0.15, 0.2) is 84.2 Å². The molecule has 0 saturated heterocycles. The van der Waals surface area contributed by atoms with Gasteiger partial charge in [0.05, 0.1) is 6.21 Å². The first-order valence-corrected chi connectivity index (χ1v) is 9.09. The lowest BCUT2D eigenvalue weighted by Crippen LogP contribution is -1.96. The van der Waals surface area contributed by atoms with Gasteiger partial charge < -0.3 is 4.74 Å². The van der Waals surface area contributed by atoms with Crippen LogP contribution in [0.3, 0.4) is 0 Å². The molecule has 0 fully saturated rings. The van der Waals surface area contributed by atoms with Gasteiger partial charge in [0, 0.05) is 18.0 Å². The summed E-state index contributed by atoms with van der Waals surface area (Å²) in [7, 11) is 0. The number of nitrogens with zero attached hydrogens (tertiary/aromatic N) is 4. The molecule has 6 nitrogen and oxygen atoms in total. The fraction of sp³-hybridized carbons (Fsp3) is 0.0476. The topological polar surface area (TPSA) is 68.1 Å². The van der Waals surface area contributed by atoms with E-state index in [1.54, 1.807) is 23.3 Å². The number of benzene rings is 2. The third-order valence-electron chi connectivity index (χ3n) is 4.04. The Morgan fingerprint density at radius 3 is 2.50 bits per heavy atom. The highest BCUT2D eigenvalue weighted by Crippen LogP contribution is 2.16. The van der Waals surface area contributed by atoms with Crippen LogP contribution in [0, 0.1) is 4.77 Å². The van der Waals surface area contributed by atoms with Crippen molar-refractivity contribution in [2.75, 3.05) is 0 Å². The van der Waals surface area contributed by atoms with Gasteiger partial charge in [-0.1, -0.05) is 30.3 Å². The summed E-state index contributed by atoms with van der Waals surface area (Å²) in [4.78, 5) is 4.02. The van der Waals surface area contributed by atoms with E-state index in [0.717, 1.165) is 22.4 Å². The zero-order chi connectivity index (χ0) is 19.2. The highest BCUT2D eigenvalue weighted by atomic mass is 32.1. The maximum atomic E-state index is 5.81. The van der Waals surface area contributed by atoms with Crippen molar-refractivity contribution in [3.63, 3.8) is 0 Å². The minimum atomic E-state index is 0.422. The molecule has 0 unspecified atom stereocenters. The van der Waals surface area contributed by atoms with Crippen molar-refractivity contribution in [1.82, 2.24) is 19.9 Å². The van der Waals surface area contributed by atoms with Crippen LogP contribution in [0.1, 0.15) is 11.1 Å². The molecule has 0 bridgehead atoms. The van der Waals surface area contributed by atoms with Crippen molar-refractivity contribution in [3.05, 3.63) is 95.0 Å². The molecule has 0 aliphatic heterocycles. The highest BCUT2D eigenvalue weighted by molar-refractivity contribution is 7.71. The van der Waals surface area contributed by atoms with Gasteiger partial charge in [0.1, 0.15) is 12.4 Å². The lowest BCUT2D eigenvalue weighted by atomic mass is 10.2. The Bertz CT molecular complexity index is 1120. The van der Waals surface area contributed by atoms with Gasteiger partial charge in [-0.3, -0.25) is 4.98 Å². The molecule has 0 saturated carbocycles. The van der Waals surface area contributed by atoms with Crippen LogP contribution in [0.2, 0.25) is 0 Å². The first-order valence-electron chi connectivity index (χ1n) is 8.68. The third kappa shape index (κ3) is 4.21. The van der Waals surface area contributed by atoms with Crippen LogP contribution in [0.4, 0.5) is 0 Å². The Kier molecular flexibility index (Phi) is 5.35. The van der Waals surface area contributed by atoms with Crippen molar-refractivity contribution in [2.45, 2.75) is 6.61 Å². The summed E-state index contributed by atoms with van der Waals surface area (Å²) in [6.07, 6.45) is 5.14. The molecule has 0 aliphatic carbocycles. The molecule has 2 heterocycles. The van der Waals surface area contributed by atoms with Crippen molar-refractivity contribution in [2.24, 2.45) is 5.10 Å². The smallest absolute Gasteiger partial charge is 0.216 e. The minimum Gasteiger partial charge on any atom is -0.489 e. The SMILES string of the molecule is S=c1[nH]nc(-c2ccncc2)n1/N=C\c1ccc(OCc2ccccc2)cc1. The van der Waals surface area contributed by atoms with Gasteiger partial charge in [-0.2, -0.15) is 14.9 Å². The Balaban J connectivity index is 1.47. The van der Waals surface area contributed by atoms with E-state index in [1.165, 1.54) is 0 Å². The maximum absolute atomic E-state index is 5.81. The predicted octanol–water partition coefficient (Wildman–Crippen LogP) is 4.46. The highest BCUT2D eigenvalue weighted by Gasteiger charge is 2.07. The standard InChI is InChI=1S/C21H17N5OS/c28-21-25-24-20(18-10-12-22-13-11-18)26(21)23-14-16-6-8-19(9-7-16)27-15-17-4-2-1-3-5-17/h1-14H,15H2,(H,25,28)/b23-14-. The number of hydrogen-bond acceptors (Lipinski definition) is 5. The number of pyridine rings is 1. The van der Waals surface area contributed by atoms with Crippen LogP contribution in [0.25, 0.3) is 11.4 Å². The number of rotatable bonds is 6. The van der Waals surface area contributed by atoms with E-state index in [0.29, 0.717) is 17.2 Å². The molecule has 2 aromatic heterocycles. The number of nitrogens with one attached hydrogen (secondary N) is 1. The molecule has 0 aliphatic rings. The summed E-state index contributed by atoms with van der Waals surface area (Å²) in [6, 6.07) is 21.5. The van der Waals surface area contributed by atoms with Crippen LogP contribution in [-0.4, -0.2) is 26.1 Å². The maximum Gasteiger partial charge on any atom is 0.216 e. The first-order chi connectivity index (χ1) is 13.8. The van der Waals surface area contributed by atoms with E-state index in [-0.39, 0.29) is 0 Å². The quantitative estimate of drug-likeness (QED) is 0.392. The molecule has 0 amide bonds. The third-order valence-corrected chi connectivity index (χ3v) is 4.30. The van der Waals surface area contributed by atoms with Crippen LogP contribution >= 0.6 is 12.2 Å². The Morgan fingerprint density at radius 2 is 1.75 bits per heavy atom. The van der Waals surface area contributed by atoms with Gasteiger partial charge in [-0.05, 0) is 59.7 Å². The Labute approximate surface area is 167 Å². The van der Waals surface area contributed by atoms with Crippen LogP contribution in [0.5, 0.6) is 5.75 Å². The van der Waals surface area contributed by atoms with Gasteiger partial charge in [-0.15, -0.1) is 0 Å². The van der Waals surface area contributed by atoms with Gasteiger partial charge in [0.2, 0.25) is 4.77 Å². The molecular formula is C21H17N5OS. The number of ether oxygens (including phenoxy) is 1. The molecule has 28 heavy (non-hydrogen) atoms. The molecule has 1 N–H and O–H groups in total. The van der Waals surface area contributed by atoms with E-state index in [4.69, 9.17) is 17.0 Å². The molecule has 2 aromatic carbocycles. The summed E-state index contributed by atoms with van der Waals surface area (Å²) in [6.45, 7) is 0.535. The summed E-state index contributed by atoms with van der Waals surface area (Å²) in [5, 5.41) is 11.5. The summed E-state index contributed by atoms with van der Waals surface area (Å²) < 4.78 is 7.82. The summed E-state index contributed by atoms with van der Waals surface area (Å²) in [5.41, 5.74) is 2.94. The van der Waals surface area contributed by atoms with E-state index in [2.05, 4.69) is 20.3 Å². The average molecular weight is 387 g/mol. The van der Waals surface area contributed by atoms with E-state index in [1.807, 2.05) is 66.7 Å². The minimum absolute atomic E-state index is 0.422. The van der Waals surface area contributed by atoms with E-state index >= 15 is 0 Å². The van der Waals surface area contributed by atoms with Crippen molar-refractivity contribution in [3.8, 4) is 17.1 Å². The second-order valence-corrected chi connectivity index (χ2v) is 6.37. The number of aromatic amines is 1. The molecule has 0 atom stereocenters. The van der Waals surface area contributed by atoms with Gasteiger partial charge in [0.15, 0.2) is 5.82 Å². The summed E-state index contributed by atoms with van der Waals surface area (Å²) in [5.74, 6) is 1.44. The number of aromatic nitrogens is 4. The van der Waals surface area contributed by atoms with Gasteiger partial charge in [0.25, 0.3) is 0 Å². The van der Waals surface area contributed by atoms with Gasteiger partial charge >= 0.3 is 0 Å².